The molecule has 0 aromatic rings. The van der Waals surface area contributed by atoms with Crippen molar-refractivity contribution in [2.24, 2.45) is 5.73 Å². The van der Waals surface area contributed by atoms with E-state index in [1.54, 1.807) is 5.57 Å². The van der Waals surface area contributed by atoms with Crippen LogP contribution in [0.3, 0.4) is 0 Å². The summed E-state index contributed by atoms with van der Waals surface area (Å²) in [5.74, 6) is 0. The minimum atomic E-state index is 0.759. The molecule has 0 atom stereocenters. The Morgan fingerprint density at radius 1 is 1.18 bits per heavy atom. The Bertz CT molecular complexity index is 137. The van der Waals surface area contributed by atoms with E-state index in [-0.39, 0.29) is 0 Å². The minimum absolute atomic E-state index is 0.759. The van der Waals surface area contributed by atoms with Gasteiger partial charge in [0.15, 0.2) is 0 Å². The normalized spacial score (nSPS) is 19.6. The second-order valence-electron chi connectivity index (χ2n) is 3.50. The van der Waals surface area contributed by atoms with Gasteiger partial charge in [-0.3, -0.25) is 0 Å². The molecule has 1 nitrogen and oxygen atoms in total. The maximum absolute atomic E-state index is 5.60. The zero-order chi connectivity index (χ0) is 8.10. The Hall–Kier alpha value is -0.300. The van der Waals surface area contributed by atoms with E-state index in [4.69, 9.17) is 5.73 Å². The number of hydrogen-bond acceptors (Lipinski definition) is 1. The smallest absolute Gasteiger partial charge is 0.0136 e. The summed E-state index contributed by atoms with van der Waals surface area (Å²) < 4.78 is 0. The highest BCUT2D eigenvalue weighted by Crippen LogP contribution is 2.24. The fourth-order valence-electron chi connectivity index (χ4n) is 1.73. The standard InChI is InChI=1S/C10H19N/c1-9(8-11)10-6-4-2-3-5-7-10/h2-8,11H2,1H3. The van der Waals surface area contributed by atoms with Crippen molar-refractivity contribution in [1.29, 1.82) is 0 Å². The van der Waals surface area contributed by atoms with Crippen molar-refractivity contribution in [2.75, 3.05) is 6.54 Å². The maximum Gasteiger partial charge on any atom is 0.0136 e. The Balaban J connectivity index is 2.54. The van der Waals surface area contributed by atoms with Gasteiger partial charge in [-0.05, 0) is 32.6 Å². The van der Waals surface area contributed by atoms with E-state index < -0.39 is 0 Å². The molecule has 0 amide bonds. The number of allylic oxidation sites excluding steroid dienone is 1. The molecule has 0 spiro atoms. The predicted octanol–water partition coefficient (Wildman–Crippen LogP) is 2.62. The van der Waals surface area contributed by atoms with Crippen LogP contribution in [0.5, 0.6) is 0 Å². The van der Waals surface area contributed by atoms with Crippen LogP contribution in [0.1, 0.15) is 45.4 Å². The van der Waals surface area contributed by atoms with Gasteiger partial charge in [0.1, 0.15) is 0 Å². The van der Waals surface area contributed by atoms with Crippen molar-refractivity contribution in [3.8, 4) is 0 Å². The first-order valence-corrected chi connectivity index (χ1v) is 4.72. The fraction of sp³-hybridized carbons (Fsp3) is 0.800. The van der Waals surface area contributed by atoms with Crippen LogP contribution in [-0.4, -0.2) is 6.54 Å². The van der Waals surface area contributed by atoms with Gasteiger partial charge in [-0.25, -0.2) is 0 Å². The molecule has 0 bridgehead atoms. The van der Waals surface area contributed by atoms with Gasteiger partial charge < -0.3 is 5.73 Å². The van der Waals surface area contributed by atoms with Gasteiger partial charge in [-0.15, -0.1) is 0 Å². The highest BCUT2D eigenvalue weighted by Gasteiger charge is 2.05. The average Bonchev–Trinajstić information content (AvgIpc) is 2.30. The van der Waals surface area contributed by atoms with E-state index in [9.17, 15) is 0 Å². The number of nitrogens with two attached hydrogens (primary N) is 1. The molecule has 64 valence electrons. The van der Waals surface area contributed by atoms with Crippen LogP contribution in [0, 0.1) is 0 Å². The Morgan fingerprint density at radius 2 is 1.73 bits per heavy atom. The van der Waals surface area contributed by atoms with Gasteiger partial charge in [-0.1, -0.05) is 24.0 Å². The lowest BCUT2D eigenvalue weighted by Crippen LogP contribution is -2.03. The van der Waals surface area contributed by atoms with Crippen molar-refractivity contribution in [2.45, 2.75) is 45.4 Å². The summed E-state index contributed by atoms with van der Waals surface area (Å²) in [5, 5.41) is 0. The Morgan fingerprint density at radius 3 is 2.18 bits per heavy atom. The van der Waals surface area contributed by atoms with Crippen molar-refractivity contribution in [3.63, 3.8) is 0 Å². The molecule has 0 saturated heterocycles. The molecule has 0 radical (unpaired) electrons. The fourth-order valence-corrected chi connectivity index (χ4v) is 1.73. The Labute approximate surface area is 69.7 Å². The van der Waals surface area contributed by atoms with E-state index in [1.165, 1.54) is 44.1 Å². The lowest BCUT2D eigenvalue weighted by atomic mass is 10.0. The summed E-state index contributed by atoms with van der Waals surface area (Å²) in [4.78, 5) is 0. The first-order chi connectivity index (χ1) is 5.34. The summed E-state index contributed by atoms with van der Waals surface area (Å²) in [5.41, 5.74) is 8.68. The predicted molar refractivity (Wildman–Crippen MR) is 49.5 cm³/mol. The van der Waals surface area contributed by atoms with Gasteiger partial charge in [0.05, 0.1) is 0 Å². The average molecular weight is 153 g/mol. The third-order valence-electron chi connectivity index (χ3n) is 2.62. The summed E-state index contributed by atoms with van der Waals surface area (Å²) in [7, 11) is 0. The van der Waals surface area contributed by atoms with Gasteiger partial charge >= 0.3 is 0 Å². The van der Waals surface area contributed by atoms with Crippen LogP contribution in [0.15, 0.2) is 11.1 Å². The zero-order valence-electron chi connectivity index (χ0n) is 7.53. The van der Waals surface area contributed by atoms with Crippen molar-refractivity contribution >= 4 is 0 Å². The molecule has 1 fully saturated rings. The van der Waals surface area contributed by atoms with Gasteiger partial charge in [0.25, 0.3) is 0 Å². The molecule has 0 aromatic heterocycles. The molecule has 0 aromatic carbocycles. The Kier molecular flexibility index (Phi) is 3.64. The van der Waals surface area contributed by atoms with Crippen LogP contribution < -0.4 is 5.73 Å². The molecule has 1 aliphatic carbocycles. The molecule has 1 heteroatoms. The van der Waals surface area contributed by atoms with Crippen molar-refractivity contribution in [3.05, 3.63) is 11.1 Å². The van der Waals surface area contributed by atoms with Crippen LogP contribution in [0.4, 0.5) is 0 Å². The second kappa shape index (κ2) is 4.55. The first-order valence-electron chi connectivity index (χ1n) is 4.72. The lowest BCUT2D eigenvalue weighted by Gasteiger charge is -2.06. The highest BCUT2D eigenvalue weighted by molar-refractivity contribution is 5.13. The monoisotopic (exact) mass is 153 g/mol. The molecule has 1 aliphatic rings. The van der Waals surface area contributed by atoms with Crippen molar-refractivity contribution < 1.29 is 0 Å². The zero-order valence-corrected chi connectivity index (χ0v) is 7.53. The van der Waals surface area contributed by atoms with Crippen LogP contribution in [-0.2, 0) is 0 Å². The van der Waals surface area contributed by atoms with E-state index in [1.807, 2.05) is 0 Å². The van der Waals surface area contributed by atoms with Gasteiger partial charge in [0.2, 0.25) is 0 Å². The summed E-state index contributed by atoms with van der Waals surface area (Å²) in [6, 6.07) is 0. The third-order valence-corrected chi connectivity index (χ3v) is 2.62. The summed E-state index contributed by atoms with van der Waals surface area (Å²) in [6.07, 6.45) is 8.22. The molecular weight excluding hydrogens is 134 g/mol. The SMILES string of the molecule is CC(CN)=C1CCCCCC1. The van der Waals surface area contributed by atoms with Crippen molar-refractivity contribution in [1.82, 2.24) is 0 Å². The molecule has 0 unspecified atom stereocenters. The molecule has 11 heavy (non-hydrogen) atoms. The quantitative estimate of drug-likeness (QED) is 0.455. The lowest BCUT2D eigenvalue weighted by molar-refractivity contribution is 0.702. The van der Waals surface area contributed by atoms with Crippen LogP contribution in [0.25, 0.3) is 0 Å². The van der Waals surface area contributed by atoms with E-state index in [0.717, 1.165) is 6.54 Å². The van der Waals surface area contributed by atoms with E-state index in [2.05, 4.69) is 6.92 Å². The van der Waals surface area contributed by atoms with E-state index >= 15 is 0 Å². The summed E-state index contributed by atoms with van der Waals surface area (Å²) in [6.45, 7) is 2.94. The number of rotatable bonds is 1. The third kappa shape index (κ3) is 2.66. The molecule has 0 aliphatic heterocycles. The minimum Gasteiger partial charge on any atom is -0.327 e. The van der Waals surface area contributed by atoms with Crippen LogP contribution >= 0.6 is 0 Å². The van der Waals surface area contributed by atoms with Crippen LogP contribution in [0.2, 0.25) is 0 Å². The van der Waals surface area contributed by atoms with E-state index in [0.29, 0.717) is 0 Å². The molecule has 1 saturated carbocycles. The van der Waals surface area contributed by atoms with Gasteiger partial charge in [-0.2, -0.15) is 0 Å². The first kappa shape index (κ1) is 8.79. The maximum atomic E-state index is 5.60. The molecule has 2 N–H and O–H groups in total. The topological polar surface area (TPSA) is 26.0 Å². The highest BCUT2D eigenvalue weighted by atomic mass is 14.5. The number of hydrogen-bond donors (Lipinski definition) is 1. The second-order valence-corrected chi connectivity index (χ2v) is 3.50. The summed E-state index contributed by atoms with van der Waals surface area (Å²) >= 11 is 0. The molecule has 0 heterocycles. The molecule has 1 rings (SSSR count). The largest absolute Gasteiger partial charge is 0.327 e. The molecular formula is C10H19N. The van der Waals surface area contributed by atoms with Gasteiger partial charge in [0, 0.05) is 6.54 Å².